The average molecular weight is 360 g/mol. The second-order valence-electron chi connectivity index (χ2n) is 5.43. The summed E-state index contributed by atoms with van der Waals surface area (Å²) in [6, 6.07) is 12.9. The van der Waals surface area contributed by atoms with Crippen LogP contribution in [0, 0.1) is 5.82 Å². The molecule has 0 aliphatic rings. The van der Waals surface area contributed by atoms with E-state index in [0.29, 0.717) is 35.3 Å². The third-order valence-electron chi connectivity index (χ3n) is 3.47. The first-order valence-corrected chi connectivity index (χ1v) is 8.12. The Bertz CT molecular complexity index is 865. The Kier molecular flexibility index (Phi) is 5.40. The van der Waals surface area contributed by atoms with Crippen LogP contribution in [0.4, 0.5) is 10.1 Å². The van der Waals surface area contributed by atoms with Crippen molar-refractivity contribution in [2.75, 3.05) is 5.32 Å². The summed E-state index contributed by atoms with van der Waals surface area (Å²) in [5.74, 6) is 0.362. The average Bonchev–Trinajstić information content (AvgIpc) is 3.04. The van der Waals surface area contributed by atoms with Crippen LogP contribution in [-0.4, -0.2) is 16.0 Å². The normalized spacial score (nSPS) is 10.6. The Labute approximate surface area is 148 Å². The van der Waals surface area contributed by atoms with E-state index in [-0.39, 0.29) is 12.3 Å². The molecular weight excluding hydrogens is 345 g/mol. The molecule has 3 rings (SSSR count). The minimum absolute atomic E-state index is 0.192. The van der Waals surface area contributed by atoms with Crippen LogP contribution < -0.4 is 5.32 Å². The molecule has 0 aliphatic carbocycles. The lowest BCUT2D eigenvalue weighted by Gasteiger charge is -2.04. The second-order valence-corrected chi connectivity index (χ2v) is 5.87. The van der Waals surface area contributed by atoms with Gasteiger partial charge in [-0.25, -0.2) is 4.39 Å². The zero-order valence-electron chi connectivity index (χ0n) is 13.2. The molecule has 0 spiro atoms. The molecule has 0 fully saturated rings. The molecule has 5 nitrogen and oxygen atoms in total. The van der Waals surface area contributed by atoms with Crippen LogP contribution in [0.5, 0.6) is 0 Å². The van der Waals surface area contributed by atoms with Gasteiger partial charge in [0.05, 0.1) is 0 Å². The number of hydrogen-bond acceptors (Lipinski definition) is 4. The quantitative estimate of drug-likeness (QED) is 0.704. The maximum Gasteiger partial charge on any atom is 0.226 e. The van der Waals surface area contributed by atoms with Crippen LogP contribution in [0.2, 0.25) is 5.02 Å². The predicted octanol–water partition coefficient (Wildman–Crippen LogP) is 4.49. The van der Waals surface area contributed by atoms with Crippen molar-refractivity contribution in [3.8, 4) is 11.4 Å². The number of nitrogens with zero attached hydrogens (tertiary/aromatic N) is 2. The number of rotatable bonds is 6. The number of amides is 1. The summed E-state index contributed by atoms with van der Waals surface area (Å²) in [7, 11) is 0. The molecule has 1 aromatic heterocycles. The van der Waals surface area contributed by atoms with Gasteiger partial charge in [0, 0.05) is 29.1 Å². The summed E-state index contributed by atoms with van der Waals surface area (Å²) in [6.45, 7) is 0. The van der Waals surface area contributed by atoms with E-state index in [0.717, 1.165) is 5.56 Å². The number of aromatic nitrogens is 2. The van der Waals surface area contributed by atoms with Gasteiger partial charge >= 0.3 is 0 Å². The maximum absolute atomic E-state index is 13.1. The molecule has 1 amide bonds. The SMILES string of the molecule is O=C(CCCc1nc(-c2ccc(Cl)cc2)no1)Nc1cccc(F)c1. The van der Waals surface area contributed by atoms with Crippen molar-refractivity contribution < 1.29 is 13.7 Å². The summed E-state index contributed by atoms with van der Waals surface area (Å²) < 4.78 is 18.3. The molecule has 2 aromatic carbocycles. The Hall–Kier alpha value is -2.73. The molecule has 3 aromatic rings. The number of hydrogen-bond donors (Lipinski definition) is 1. The number of carbonyl (C=O) groups is 1. The molecule has 0 bridgehead atoms. The lowest BCUT2D eigenvalue weighted by atomic mass is 10.2. The van der Waals surface area contributed by atoms with Gasteiger partial charge in [-0.15, -0.1) is 0 Å². The summed E-state index contributed by atoms with van der Waals surface area (Å²) >= 11 is 5.85. The highest BCUT2D eigenvalue weighted by molar-refractivity contribution is 6.30. The Morgan fingerprint density at radius 3 is 2.76 bits per heavy atom. The van der Waals surface area contributed by atoms with Gasteiger partial charge in [-0.1, -0.05) is 22.8 Å². The molecular formula is C18H15ClFN3O2. The Balaban J connectivity index is 1.49. The predicted molar refractivity (Wildman–Crippen MR) is 92.7 cm³/mol. The topological polar surface area (TPSA) is 68.0 Å². The molecule has 0 atom stereocenters. The number of aryl methyl sites for hydroxylation is 1. The number of nitrogens with one attached hydrogen (secondary N) is 1. The van der Waals surface area contributed by atoms with E-state index in [9.17, 15) is 9.18 Å². The minimum Gasteiger partial charge on any atom is -0.339 e. The van der Waals surface area contributed by atoms with Crippen molar-refractivity contribution in [3.05, 3.63) is 65.3 Å². The molecule has 0 saturated heterocycles. The summed E-state index contributed by atoms with van der Waals surface area (Å²) in [6.07, 6.45) is 1.30. The van der Waals surface area contributed by atoms with Gasteiger partial charge in [0.25, 0.3) is 0 Å². The van der Waals surface area contributed by atoms with E-state index in [1.165, 1.54) is 12.1 Å². The third-order valence-corrected chi connectivity index (χ3v) is 3.73. The lowest BCUT2D eigenvalue weighted by Crippen LogP contribution is -2.11. The highest BCUT2D eigenvalue weighted by Crippen LogP contribution is 2.19. The fraction of sp³-hybridized carbons (Fsp3) is 0.167. The molecule has 7 heteroatoms. The van der Waals surface area contributed by atoms with Crippen LogP contribution in [0.3, 0.4) is 0 Å². The van der Waals surface area contributed by atoms with E-state index in [4.69, 9.17) is 16.1 Å². The van der Waals surface area contributed by atoms with E-state index in [1.807, 2.05) is 12.1 Å². The fourth-order valence-electron chi connectivity index (χ4n) is 2.26. The van der Waals surface area contributed by atoms with Gasteiger partial charge in [-0.05, 0) is 48.9 Å². The number of benzene rings is 2. The number of carbonyl (C=O) groups excluding carboxylic acids is 1. The molecule has 128 valence electrons. The van der Waals surface area contributed by atoms with Crippen molar-refractivity contribution in [2.24, 2.45) is 0 Å². The summed E-state index contributed by atoms with van der Waals surface area (Å²) in [5.41, 5.74) is 1.25. The van der Waals surface area contributed by atoms with Crippen molar-refractivity contribution in [2.45, 2.75) is 19.3 Å². The van der Waals surface area contributed by atoms with E-state index in [1.54, 1.807) is 24.3 Å². The van der Waals surface area contributed by atoms with Crippen LogP contribution in [0.15, 0.2) is 53.1 Å². The highest BCUT2D eigenvalue weighted by atomic mass is 35.5. The first-order valence-electron chi connectivity index (χ1n) is 7.74. The first-order chi connectivity index (χ1) is 12.1. The molecule has 0 saturated carbocycles. The summed E-state index contributed by atoms with van der Waals surface area (Å²) in [5, 5.41) is 7.20. The Morgan fingerprint density at radius 1 is 1.20 bits per heavy atom. The second kappa shape index (κ2) is 7.90. The number of anilines is 1. The van der Waals surface area contributed by atoms with Crippen LogP contribution >= 0.6 is 11.6 Å². The fourth-order valence-corrected chi connectivity index (χ4v) is 2.39. The van der Waals surface area contributed by atoms with Gasteiger partial charge in [0.1, 0.15) is 5.82 Å². The van der Waals surface area contributed by atoms with Crippen LogP contribution in [0.1, 0.15) is 18.7 Å². The standard InChI is InChI=1S/C18H15ClFN3O2/c19-13-9-7-12(8-10-13)18-22-17(25-23-18)6-2-5-16(24)21-15-4-1-3-14(20)11-15/h1,3-4,7-11H,2,5-6H2,(H,21,24). The van der Waals surface area contributed by atoms with E-state index < -0.39 is 5.82 Å². The lowest BCUT2D eigenvalue weighted by molar-refractivity contribution is -0.116. The monoisotopic (exact) mass is 359 g/mol. The van der Waals surface area contributed by atoms with Crippen LogP contribution in [-0.2, 0) is 11.2 Å². The van der Waals surface area contributed by atoms with Crippen molar-refractivity contribution in [3.63, 3.8) is 0 Å². The van der Waals surface area contributed by atoms with Gasteiger partial charge in [-0.3, -0.25) is 4.79 Å². The Morgan fingerprint density at radius 2 is 2.00 bits per heavy atom. The van der Waals surface area contributed by atoms with E-state index in [2.05, 4.69) is 15.5 Å². The maximum atomic E-state index is 13.1. The number of halogens is 2. The van der Waals surface area contributed by atoms with Crippen molar-refractivity contribution in [1.82, 2.24) is 10.1 Å². The van der Waals surface area contributed by atoms with Crippen molar-refractivity contribution in [1.29, 1.82) is 0 Å². The third kappa shape index (κ3) is 4.87. The van der Waals surface area contributed by atoms with Gasteiger partial charge < -0.3 is 9.84 Å². The van der Waals surface area contributed by atoms with E-state index >= 15 is 0 Å². The molecule has 0 radical (unpaired) electrons. The highest BCUT2D eigenvalue weighted by Gasteiger charge is 2.10. The zero-order chi connectivity index (χ0) is 17.6. The van der Waals surface area contributed by atoms with Gasteiger partial charge in [0.2, 0.25) is 17.6 Å². The first kappa shape index (κ1) is 17.1. The molecule has 0 unspecified atom stereocenters. The smallest absolute Gasteiger partial charge is 0.226 e. The largest absolute Gasteiger partial charge is 0.339 e. The van der Waals surface area contributed by atoms with Crippen LogP contribution in [0.25, 0.3) is 11.4 Å². The van der Waals surface area contributed by atoms with Gasteiger partial charge in [-0.2, -0.15) is 4.98 Å². The molecule has 1 heterocycles. The van der Waals surface area contributed by atoms with Crippen molar-refractivity contribution >= 4 is 23.2 Å². The zero-order valence-corrected chi connectivity index (χ0v) is 14.0. The molecule has 0 aliphatic heterocycles. The minimum atomic E-state index is -0.390. The molecule has 25 heavy (non-hydrogen) atoms. The van der Waals surface area contributed by atoms with Gasteiger partial charge in [0.15, 0.2) is 0 Å². The summed E-state index contributed by atoms with van der Waals surface area (Å²) in [4.78, 5) is 16.2. The molecule has 1 N–H and O–H groups in total.